The maximum atomic E-state index is 12.8. The second-order valence-electron chi connectivity index (χ2n) is 7.35. The van der Waals surface area contributed by atoms with E-state index in [4.69, 9.17) is 9.05 Å². The van der Waals surface area contributed by atoms with Gasteiger partial charge in [-0.25, -0.2) is 0 Å². The highest BCUT2D eigenvalue weighted by Crippen LogP contribution is 2.55. The van der Waals surface area contributed by atoms with Crippen molar-refractivity contribution in [2.75, 3.05) is 21.3 Å². The van der Waals surface area contributed by atoms with E-state index in [-0.39, 0.29) is 11.6 Å². The van der Waals surface area contributed by atoms with Gasteiger partial charge in [-0.05, 0) is 19.3 Å². The summed E-state index contributed by atoms with van der Waals surface area (Å²) in [5, 5.41) is 0. The molecule has 27 heavy (non-hydrogen) atoms. The molecule has 0 bridgehead atoms. The zero-order valence-corrected chi connectivity index (χ0v) is 19.1. The Balaban J connectivity index is 4.04. The molecule has 0 aromatic rings. The van der Waals surface area contributed by atoms with Gasteiger partial charge in [0.1, 0.15) is 0 Å². The van der Waals surface area contributed by atoms with Crippen molar-refractivity contribution >= 4 is 13.6 Å². The fraction of sp³-hybridized carbons (Fsp3) is 0.952. The van der Waals surface area contributed by atoms with Gasteiger partial charge in [0.15, 0.2) is 0 Å². The summed E-state index contributed by atoms with van der Waals surface area (Å²) in [5.41, 5.74) is 0.0120. The molecule has 0 N–H and O–H groups in total. The van der Waals surface area contributed by atoms with Crippen LogP contribution in [-0.4, -0.2) is 33.0 Å². The van der Waals surface area contributed by atoms with E-state index in [1.807, 2.05) is 0 Å². The third-order valence-electron chi connectivity index (χ3n) is 5.24. The predicted octanol–water partition coefficient (Wildman–Crippen LogP) is 6.89. The number of unbranched alkanes of at least 4 members (excludes halogenated alkanes) is 10. The van der Waals surface area contributed by atoms with Crippen molar-refractivity contribution in [1.29, 1.82) is 0 Å². The molecule has 0 radical (unpaired) electrons. The molecule has 0 saturated heterocycles. The lowest BCUT2D eigenvalue weighted by molar-refractivity contribution is -0.140. The zero-order valence-electron chi connectivity index (χ0n) is 18.2. The molecule has 0 amide bonds. The van der Waals surface area contributed by atoms with E-state index in [0.29, 0.717) is 6.42 Å². The molecule has 0 aliphatic heterocycles. The van der Waals surface area contributed by atoms with Crippen molar-refractivity contribution in [1.82, 2.24) is 0 Å². The minimum Gasteiger partial charge on any atom is -0.469 e. The molecule has 0 heterocycles. The van der Waals surface area contributed by atoms with Gasteiger partial charge in [-0.2, -0.15) is 0 Å². The third-order valence-corrected chi connectivity index (χ3v) is 7.67. The predicted molar refractivity (Wildman–Crippen MR) is 112 cm³/mol. The number of methoxy groups -OCH3 is 1. The molecule has 0 fully saturated rings. The Morgan fingerprint density at radius 3 is 1.63 bits per heavy atom. The summed E-state index contributed by atoms with van der Waals surface area (Å²) >= 11 is 0. The molecule has 6 heteroatoms. The summed E-state index contributed by atoms with van der Waals surface area (Å²) in [7, 11) is 1.45. The first-order valence-corrected chi connectivity index (χ1v) is 12.4. The van der Waals surface area contributed by atoms with E-state index in [1.165, 1.54) is 53.4 Å². The van der Waals surface area contributed by atoms with Gasteiger partial charge in [0.25, 0.3) is 0 Å². The van der Waals surface area contributed by atoms with Gasteiger partial charge in [0.2, 0.25) is 0 Å². The van der Waals surface area contributed by atoms with Gasteiger partial charge >= 0.3 is 13.6 Å². The molecule has 0 rings (SSSR count). The van der Waals surface area contributed by atoms with E-state index in [9.17, 15) is 9.36 Å². The minimum absolute atomic E-state index is 0.0120. The SMILES string of the molecule is CCCCCCCCC(CCCCCCCCC(=O)OC)P(=O)(OC)OC. The molecule has 5 nitrogen and oxygen atoms in total. The molecular weight excluding hydrogens is 363 g/mol. The first kappa shape index (κ1) is 26.6. The van der Waals surface area contributed by atoms with Crippen LogP contribution in [0.2, 0.25) is 0 Å². The molecule has 162 valence electrons. The topological polar surface area (TPSA) is 61.8 Å². The Hall–Kier alpha value is -0.380. The summed E-state index contributed by atoms with van der Waals surface area (Å²) in [5.74, 6) is -0.123. The van der Waals surface area contributed by atoms with Gasteiger partial charge in [-0.3, -0.25) is 9.36 Å². The first-order chi connectivity index (χ1) is 13.0. The van der Waals surface area contributed by atoms with Gasteiger partial charge in [-0.1, -0.05) is 77.6 Å². The molecule has 1 atom stereocenters. The molecule has 1 unspecified atom stereocenters. The smallest absolute Gasteiger partial charge is 0.333 e. The Labute approximate surface area is 167 Å². The van der Waals surface area contributed by atoms with Gasteiger partial charge in [0.05, 0.1) is 12.8 Å². The zero-order chi connectivity index (χ0) is 20.4. The van der Waals surface area contributed by atoms with Crippen molar-refractivity contribution in [3.8, 4) is 0 Å². The highest BCUT2D eigenvalue weighted by molar-refractivity contribution is 7.54. The van der Waals surface area contributed by atoms with Gasteiger partial charge in [-0.15, -0.1) is 0 Å². The molecule has 0 aliphatic carbocycles. The number of hydrogen-bond donors (Lipinski definition) is 0. The second-order valence-corrected chi connectivity index (χ2v) is 9.89. The summed E-state index contributed by atoms with van der Waals surface area (Å²) in [6.45, 7) is 2.22. The lowest BCUT2D eigenvalue weighted by Gasteiger charge is -2.24. The normalized spacial score (nSPS) is 12.9. The lowest BCUT2D eigenvalue weighted by Crippen LogP contribution is -2.12. The standard InChI is InChI=1S/C21H43O5P/c1-5-6-7-8-11-14-17-20(27(23,25-3)26-4)18-15-12-9-10-13-16-19-21(22)24-2/h20H,5-19H2,1-4H3. The molecule has 0 saturated carbocycles. The van der Waals surface area contributed by atoms with Crippen molar-refractivity contribution in [2.24, 2.45) is 0 Å². The quantitative estimate of drug-likeness (QED) is 0.133. The fourth-order valence-corrected chi connectivity index (χ4v) is 5.19. The van der Waals surface area contributed by atoms with Crippen LogP contribution in [0, 0.1) is 0 Å². The van der Waals surface area contributed by atoms with Gasteiger partial charge in [0, 0.05) is 20.6 Å². The van der Waals surface area contributed by atoms with Crippen molar-refractivity contribution in [3.05, 3.63) is 0 Å². The summed E-state index contributed by atoms with van der Waals surface area (Å²) < 4.78 is 28.0. The van der Waals surface area contributed by atoms with E-state index in [0.717, 1.165) is 57.8 Å². The van der Waals surface area contributed by atoms with E-state index >= 15 is 0 Å². The number of ether oxygens (including phenoxy) is 1. The lowest BCUT2D eigenvalue weighted by atomic mass is 10.0. The van der Waals surface area contributed by atoms with E-state index in [1.54, 1.807) is 0 Å². The van der Waals surface area contributed by atoms with Crippen LogP contribution >= 0.6 is 7.60 Å². The maximum Gasteiger partial charge on any atom is 0.333 e. The highest BCUT2D eigenvalue weighted by Gasteiger charge is 2.32. The van der Waals surface area contributed by atoms with Crippen LogP contribution in [0.15, 0.2) is 0 Å². The Kier molecular flexibility index (Phi) is 17.5. The summed E-state index contributed by atoms with van der Waals surface area (Å²) in [6, 6.07) is 0. The van der Waals surface area contributed by atoms with Crippen molar-refractivity contribution < 1.29 is 23.1 Å². The summed E-state index contributed by atoms with van der Waals surface area (Å²) in [4.78, 5) is 11.1. The molecule has 0 aromatic heterocycles. The number of hydrogen-bond acceptors (Lipinski definition) is 5. The number of carbonyl (C=O) groups is 1. The molecule has 0 spiro atoms. The van der Waals surface area contributed by atoms with E-state index < -0.39 is 7.60 Å². The van der Waals surface area contributed by atoms with Gasteiger partial charge < -0.3 is 13.8 Å². The monoisotopic (exact) mass is 406 g/mol. The Morgan fingerprint density at radius 2 is 1.19 bits per heavy atom. The van der Waals surface area contributed by atoms with Crippen LogP contribution in [0.5, 0.6) is 0 Å². The number of esters is 1. The second kappa shape index (κ2) is 17.7. The van der Waals surface area contributed by atoms with Crippen molar-refractivity contribution in [2.45, 2.75) is 109 Å². The molecule has 0 aliphatic rings. The van der Waals surface area contributed by atoms with Crippen LogP contribution < -0.4 is 0 Å². The van der Waals surface area contributed by atoms with Crippen LogP contribution in [0.4, 0.5) is 0 Å². The fourth-order valence-electron chi connectivity index (χ4n) is 3.45. The number of rotatable bonds is 19. The Morgan fingerprint density at radius 1 is 0.741 bits per heavy atom. The Bertz CT molecular complexity index is 392. The minimum atomic E-state index is -2.98. The summed E-state index contributed by atoms with van der Waals surface area (Å²) in [6.07, 6.45) is 16.2. The van der Waals surface area contributed by atoms with Crippen LogP contribution in [0.1, 0.15) is 103 Å². The van der Waals surface area contributed by atoms with Crippen LogP contribution in [-0.2, 0) is 23.1 Å². The van der Waals surface area contributed by atoms with E-state index in [2.05, 4.69) is 11.7 Å². The first-order valence-electron chi connectivity index (χ1n) is 10.8. The molecule has 0 aromatic carbocycles. The van der Waals surface area contributed by atoms with Crippen LogP contribution in [0.25, 0.3) is 0 Å². The maximum absolute atomic E-state index is 12.8. The third kappa shape index (κ3) is 13.4. The van der Waals surface area contributed by atoms with Crippen molar-refractivity contribution in [3.63, 3.8) is 0 Å². The molecular formula is C21H43O5P. The van der Waals surface area contributed by atoms with Crippen LogP contribution in [0.3, 0.4) is 0 Å². The average molecular weight is 407 g/mol. The average Bonchev–Trinajstić information content (AvgIpc) is 2.69. The number of carbonyl (C=O) groups excluding carboxylic acids is 1. The largest absolute Gasteiger partial charge is 0.469 e. The highest BCUT2D eigenvalue weighted by atomic mass is 31.2.